The fourth-order valence-corrected chi connectivity index (χ4v) is 0.110. The summed E-state index contributed by atoms with van der Waals surface area (Å²) in [5.41, 5.74) is 4.46. The second-order valence-electron chi connectivity index (χ2n) is 0.893. The van der Waals surface area contributed by atoms with Crippen molar-refractivity contribution in [3.05, 3.63) is 0 Å². The van der Waals surface area contributed by atoms with Crippen LogP contribution in [0.25, 0.3) is 0 Å². The molecule has 2 N–H and O–H groups in total. The van der Waals surface area contributed by atoms with Crippen LogP contribution in [0, 0.1) is 0 Å². The Morgan fingerprint density at radius 1 is 1.57 bits per heavy atom. The van der Waals surface area contributed by atoms with Crippen LogP contribution in [0.3, 0.4) is 0 Å². The van der Waals surface area contributed by atoms with Crippen molar-refractivity contribution in [2.45, 2.75) is 0 Å². The lowest BCUT2D eigenvalue weighted by Gasteiger charge is -1.83. The minimum atomic E-state index is -1.01. The molecule has 0 saturated heterocycles. The Bertz CT molecular complexity index is 99.1. The standard InChI is InChI=1S/C3H5N2O2/c1-5-3(7)2(4)6/h1H3,(H2,4,6). The molecule has 0 bridgehead atoms. The number of nitrogens with zero attached hydrogens (tertiary/aromatic N) is 1. The smallest absolute Gasteiger partial charge is 0.329 e. The Morgan fingerprint density at radius 2 is 2.00 bits per heavy atom. The third-order valence-electron chi connectivity index (χ3n) is 0.414. The van der Waals surface area contributed by atoms with Crippen LogP contribution in [0.4, 0.5) is 0 Å². The number of primary amides is 1. The van der Waals surface area contributed by atoms with E-state index in [1.807, 2.05) is 0 Å². The van der Waals surface area contributed by atoms with Crippen molar-refractivity contribution in [2.75, 3.05) is 7.05 Å². The van der Waals surface area contributed by atoms with Gasteiger partial charge in [0, 0.05) is 7.05 Å². The molecule has 4 nitrogen and oxygen atoms in total. The molecule has 0 spiro atoms. The minimum absolute atomic E-state index is 0.889. The minimum Gasteiger partial charge on any atom is -0.361 e. The van der Waals surface area contributed by atoms with Gasteiger partial charge in [-0.15, -0.1) is 0 Å². The van der Waals surface area contributed by atoms with E-state index < -0.39 is 11.8 Å². The molecule has 0 unspecified atom stereocenters. The van der Waals surface area contributed by atoms with E-state index in [9.17, 15) is 9.59 Å². The number of carbonyl (C=O) groups excluding carboxylic acids is 2. The van der Waals surface area contributed by atoms with Crippen molar-refractivity contribution in [3.63, 3.8) is 0 Å². The summed E-state index contributed by atoms with van der Waals surface area (Å²) in [5, 5.41) is 2.97. The molecule has 39 valence electrons. The van der Waals surface area contributed by atoms with Crippen molar-refractivity contribution < 1.29 is 9.59 Å². The lowest BCUT2D eigenvalue weighted by Crippen LogP contribution is -2.28. The van der Waals surface area contributed by atoms with Crippen LogP contribution < -0.4 is 11.1 Å². The van der Waals surface area contributed by atoms with Gasteiger partial charge in [0.1, 0.15) is 0 Å². The first kappa shape index (κ1) is 5.94. The van der Waals surface area contributed by atoms with Gasteiger partial charge in [0.15, 0.2) is 0 Å². The first-order valence-electron chi connectivity index (χ1n) is 1.62. The summed E-state index contributed by atoms with van der Waals surface area (Å²) in [6, 6.07) is 0. The Hall–Kier alpha value is -1.06. The van der Waals surface area contributed by atoms with Crippen molar-refractivity contribution in [2.24, 2.45) is 5.73 Å². The second-order valence-corrected chi connectivity index (χ2v) is 0.893. The van der Waals surface area contributed by atoms with Crippen LogP contribution in [0.15, 0.2) is 0 Å². The van der Waals surface area contributed by atoms with E-state index in [-0.39, 0.29) is 0 Å². The van der Waals surface area contributed by atoms with Crippen molar-refractivity contribution in [3.8, 4) is 0 Å². The van der Waals surface area contributed by atoms with Gasteiger partial charge in [-0.25, -0.2) is 5.32 Å². The summed E-state index contributed by atoms with van der Waals surface area (Å²) in [4.78, 5) is 19.6. The SMILES string of the molecule is C[N]C(=O)C(N)=O. The highest BCUT2D eigenvalue weighted by Crippen LogP contribution is 1.56. The second kappa shape index (κ2) is 2.17. The van der Waals surface area contributed by atoms with E-state index >= 15 is 0 Å². The molecule has 1 radical (unpaired) electrons. The van der Waals surface area contributed by atoms with Gasteiger partial charge < -0.3 is 5.73 Å². The Balaban J connectivity index is 3.58. The fraction of sp³-hybridized carbons (Fsp3) is 0.333. The fourth-order valence-electron chi connectivity index (χ4n) is 0.110. The maximum Gasteiger partial charge on any atom is 0.329 e. The number of rotatable bonds is 0. The van der Waals surface area contributed by atoms with Gasteiger partial charge in [-0.2, -0.15) is 0 Å². The van der Waals surface area contributed by atoms with E-state index in [0.29, 0.717) is 0 Å². The summed E-state index contributed by atoms with van der Waals surface area (Å²) in [6.07, 6.45) is 0. The van der Waals surface area contributed by atoms with E-state index in [0.717, 1.165) is 0 Å². The molecule has 0 fully saturated rings. The zero-order valence-electron chi connectivity index (χ0n) is 3.84. The van der Waals surface area contributed by atoms with Crippen molar-refractivity contribution >= 4 is 11.8 Å². The molecule has 0 rings (SSSR count). The highest BCUT2D eigenvalue weighted by molar-refractivity contribution is 6.34. The van der Waals surface area contributed by atoms with Gasteiger partial charge in [0.25, 0.3) is 0 Å². The number of hydrogen-bond acceptors (Lipinski definition) is 2. The molecule has 0 aliphatic heterocycles. The quantitative estimate of drug-likeness (QED) is 0.367. The number of likely N-dealkylation sites (N-methyl/N-ethyl adjacent to an activating group) is 1. The van der Waals surface area contributed by atoms with Gasteiger partial charge in [-0.1, -0.05) is 0 Å². The van der Waals surface area contributed by atoms with Crippen LogP contribution in [0.2, 0.25) is 0 Å². The molecular weight excluding hydrogens is 96.0 g/mol. The third-order valence-corrected chi connectivity index (χ3v) is 0.414. The van der Waals surface area contributed by atoms with Gasteiger partial charge >= 0.3 is 11.8 Å². The third kappa shape index (κ3) is 1.75. The van der Waals surface area contributed by atoms with Gasteiger partial charge in [-0.3, -0.25) is 9.59 Å². The molecule has 7 heavy (non-hydrogen) atoms. The first-order valence-corrected chi connectivity index (χ1v) is 1.62. The predicted molar refractivity (Wildman–Crippen MR) is 22.3 cm³/mol. The lowest BCUT2D eigenvalue weighted by atomic mass is 10.6. The molecule has 0 aromatic heterocycles. The molecule has 0 aliphatic rings. The summed E-state index contributed by atoms with van der Waals surface area (Å²) in [6.45, 7) is 0. The molecule has 0 aliphatic carbocycles. The highest BCUT2D eigenvalue weighted by atomic mass is 16.2. The predicted octanol–water partition coefficient (Wildman–Crippen LogP) is -1.77. The van der Waals surface area contributed by atoms with E-state index in [2.05, 4.69) is 11.1 Å². The van der Waals surface area contributed by atoms with Gasteiger partial charge in [0.2, 0.25) is 0 Å². The maximum absolute atomic E-state index is 9.87. The highest BCUT2D eigenvalue weighted by Gasteiger charge is 2.03. The number of amides is 2. The number of nitrogens with two attached hydrogens (primary N) is 1. The normalized spacial score (nSPS) is 7.57. The average Bonchev–Trinajstić information content (AvgIpc) is 1.65. The zero-order chi connectivity index (χ0) is 5.86. The molecule has 0 saturated carbocycles. The van der Waals surface area contributed by atoms with E-state index in [1.54, 1.807) is 0 Å². The molecular formula is C3H5N2O2. The van der Waals surface area contributed by atoms with Crippen LogP contribution >= 0.6 is 0 Å². The maximum atomic E-state index is 9.87. The summed E-state index contributed by atoms with van der Waals surface area (Å²) in [5.74, 6) is -1.90. The molecule has 0 atom stereocenters. The van der Waals surface area contributed by atoms with E-state index in [4.69, 9.17) is 0 Å². The Morgan fingerprint density at radius 3 is 2.00 bits per heavy atom. The summed E-state index contributed by atoms with van der Waals surface area (Å²) in [7, 11) is 1.22. The van der Waals surface area contributed by atoms with Crippen molar-refractivity contribution in [1.29, 1.82) is 0 Å². The molecule has 0 aromatic carbocycles. The first-order chi connectivity index (χ1) is 3.18. The van der Waals surface area contributed by atoms with Crippen LogP contribution in [-0.2, 0) is 9.59 Å². The van der Waals surface area contributed by atoms with Gasteiger partial charge in [0.05, 0.1) is 0 Å². The van der Waals surface area contributed by atoms with Crippen LogP contribution in [0.1, 0.15) is 0 Å². The Labute approximate surface area is 40.7 Å². The largest absolute Gasteiger partial charge is 0.361 e. The molecule has 0 aromatic rings. The number of hydrogen-bond donors (Lipinski definition) is 1. The number of carbonyl (C=O) groups is 2. The monoisotopic (exact) mass is 101 g/mol. The Kier molecular flexibility index (Phi) is 1.84. The zero-order valence-corrected chi connectivity index (χ0v) is 3.84. The topological polar surface area (TPSA) is 74.3 Å². The lowest BCUT2D eigenvalue weighted by molar-refractivity contribution is -0.137. The molecule has 0 heterocycles. The van der Waals surface area contributed by atoms with Crippen LogP contribution in [-0.4, -0.2) is 18.9 Å². The van der Waals surface area contributed by atoms with Gasteiger partial charge in [-0.05, 0) is 0 Å². The summed E-state index contributed by atoms with van der Waals surface area (Å²) < 4.78 is 0. The van der Waals surface area contributed by atoms with E-state index in [1.165, 1.54) is 7.05 Å². The summed E-state index contributed by atoms with van der Waals surface area (Å²) >= 11 is 0. The van der Waals surface area contributed by atoms with Crippen LogP contribution in [0.5, 0.6) is 0 Å². The molecule has 4 heteroatoms. The average molecular weight is 101 g/mol. The molecule has 2 amide bonds. The van der Waals surface area contributed by atoms with Crippen molar-refractivity contribution in [1.82, 2.24) is 5.32 Å².